The van der Waals surface area contributed by atoms with Gasteiger partial charge in [-0.2, -0.15) is 0 Å². The summed E-state index contributed by atoms with van der Waals surface area (Å²) in [6, 6.07) is 5.70. The van der Waals surface area contributed by atoms with Crippen molar-refractivity contribution in [3.8, 4) is 0 Å². The van der Waals surface area contributed by atoms with E-state index in [2.05, 4.69) is 5.32 Å². The Morgan fingerprint density at radius 1 is 1.11 bits per heavy atom. The maximum Gasteiger partial charge on any atom is 0.269 e. The molecule has 7 nitrogen and oxygen atoms in total. The molecule has 1 heterocycles. The summed E-state index contributed by atoms with van der Waals surface area (Å²) in [5.41, 5.74) is 0.573. The van der Waals surface area contributed by atoms with Gasteiger partial charge in [-0.1, -0.05) is 0 Å². The Balaban J connectivity index is 1.96. The van der Waals surface area contributed by atoms with Gasteiger partial charge in [0, 0.05) is 30.0 Å². The molecule has 18 heavy (non-hydrogen) atoms. The highest BCUT2D eigenvalue weighted by Crippen LogP contribution is 2.15. The smallest absolute Gasteiger partial charge is 0.269 e. The van der Waals surface area contributed by atoms with Gasteiger partial charge in [-0.15, -0.1) is 0 Å². The van der Waals surface area contributed by atoms with E-state index in [9.17, 15) is 19.7 Å². The van der Waals surface area contributed by atoms with Gasteiger partial charge in [0.1, 0.15) is 0 Å². The zero-order chi connectivity index (χ0) is 13.1. The molecule has 2 amide bonds. The summed E-state index contributed by atoms with van der Waals surface area (Å²) in [4.78, 5) is 33.5. The molecule has 92 valence electrons. The first-order valence-corrected chi connectivity index (χ1v) is 5.10. The topological polar surface area (TPSA) is 92.6 Å². The van der Waals surface area contributed by atoms with Crippen molar-refractivity contribution in [2.45, 2.75) is 0 Å². The van der Waals surface area contributed by atoms with Crippen LogP contribution in [0.4, 0.5) is 11.4 Å². The molecular formula is C11H9N3O4. The van der Waals surface area contributed by atoms with Gasteiger partial charge in [-0.25, -0.2) is 0 Å². The maximum absolute atomic E-state index is 11.2. The molecule has 0 saturated heterocycles. The summed E-state index contributed by atoms with van der Waals surface area (Å²) in [5.74, 6) is -0.760. The van der Waals surface area contributed by atoms with Crippen molar-refractivity contribution in [2.24, 2.45) is 0 Å². The van der Waals surface area contributed by atoms with Gasteiger partial charge in [0.2, 0.25) is 0 Å². The fourth-order valence-electron chi connectivity index (χ4n) is 1.46. The molecule has 7 heteroatoms. The van der Waals surface area contributed by atoms with Crippen LogP contribution < -0.4 is 5.32 Å². The largest absolute Gasteiger partial charge is 0.367 e. The number of non-ortho nitro benzene ring substituents is 1. The molecule has 0 aliphatic carbocycles. The van der Waals surface area contributed by atoms with E-state index in [-0.39, 0.29) is 24.2 Å². The third kappa shape index (κ3) is 2.34. The van der Waals surface area contributed by atoms with Crippen LogP contribution in [0.5, 0.6) is 0 Å². The molecule has 0 unspecified atom stereocenters. The molecule has 2 rings (SSSR count). The van der Waals surface area contributed by atoms with Crippen LogP contribution in [0, 0.1) is 10.1 Å². The number of nitrogens with one attached hydrogen (secondary N) is 1. The Kier molecular flexibility index (Phi) is 3.05. The molecular weight excluding hydrogens is 238 g/mol. The zero-order valence-electron chi connectivity index (χ0n) is 9.20. The van der Waals surface area contributed by atoms with Crippen LogP contribution in [-0.2, 0) is 9.59 Å². The first-order chi connectivity index (χ1) is 8.58. The third-order valence-electron chi connectivity index (χ3n) is 2.42. The average Bonchev–Trinajstić information content (AvgIpc) is 2.67. The van der Waals surface area contributed by atoms with E-state index in [4.69, 9.17) is 0 Å². The molecule has 1 aliphatic rings. The lowest BCUT2D eigenvalue weighted by Gasteiger charge is -2.15. The summed E-state index contributed by atoms with van der Waals surface area (Å²) in [7, 11) is 0. The quantitative estimate of drug-likeness (QED) is 0.484. The molecule has 0 saturated carbocycles. The molecule has 0 radical (unpaired) electrons. The van der Waals surface area contributed by atoms with Crippen molar-refractivity contribution in [1.29, 1.82) is 0 Å². The van der Waals surface area contributed by atoms with E-state index in [1.54, 1.807) is 0 Å². The van der Waals surface area contributed by atoms with Gasteiger partial charge >= 0.3 is 0 Å². The molecule has 0 spiro atoms. The standard InChI is InChI=1S/C11H9N3O4/c15-10-5-6-11(16)13(10)7-12-8-1-3-9(4-2-8)14(17)18/h1-6,12H,7H2. The van der Waals surface area contributed by atoms with Crippen molar-refractivity contribution in [3.05, 3.63) is 46.5 Å². The normalized spacial score (nSPS) is 14.1. The van der Waals surface area contributed by atoms with E-state index >= 15 is 0 Å². The SMILES string of the molecule is O=C1C=CC(=O)N1CNc1ccc([N+](=O)[O-])cc1. The minimum absolute atomic E-state index is 0.0180. The molecule has 1 aromatic rings. The Morgan fingerprint density at radius 2 is 1.67 bits per heavy atom. The summed E-state index contributed by atoms with van der Waals surface area (Å²) in [6.07, 6.45) is 2.39. The molecule has 0 aromatic heterocycles. The number of hydrogen-bond donors (Lipinski definition) is 1. The first-order valence-electron chi connectivity index (χ1n) is 5.10. The Morgan fingerprint density at radius 3 is 2.17 bits per heavy atom. The number of imide groups is 1. The van der Waals surface area contributed by atoms with Crippen LogP contribution in [0.3, 0.4) is 0 Å². The van der Waals surface area contributed by atoms with Gasteiger partial charge in [-0.3, -0.25) is 24.6 Å². The number of carbonyl (C=O) groups is 2. The molecule has 0 fully saturated rings. The number of nitrogens with zero attached hydrogens (tertiary/aromatic N) is 2. The van der Waals surface area contributed by atoms with Crippen LogP contribution in [-0.4, -0.2) is 28.3 Å². The second-order valence-electron chi connectivity index (χ2n) is 3.58. The van der Waals surface area contributed by atoms with E-state index in [0.29, 0.717) is 5.69 Å². The van der Waals surface area contributed by atoms with Gasteiger partial charge < -0.3 is 5.32 Å². The van der Waals surface area contributed by atoms with E-state index in [0.717, 1.165) is 4.90 Å². The fourth-order valence-corrected chi connectivity index (χ4v) is 1.46. The summed E-state index contributed by atoms with van der Waals surface area (Å²) in [5, 5.41) is 13.3. The number of anilines is 1. The van der Waals surface area contributed by atoms with Crippen molar-refractivity contribution in [2.75, 3.05) is 12.0 Å². The number of hydrogen-bond acceptors (Lipinski definition) is 5. The lowest BCUT2D eigenvalue weighted by molar-refractivity contribution is -0.384. The number of amides is 2. The average molecular weight is 247 g/mol. The Bertz CT molecular complexity index is 518. The van der Waals surface area contributed by atoms with Crippen molar-refractivity contribution in [3.63, 3.8) is 0 Å². The monoisotopic (exact) mass is 247 g/mol. The molecule has 1 aliphatic heterocycles. The highest BCUT2D eigenvalue weighted by atomic mass is 16.6. The summed E-state index contributed by atoms with van der Waals surface area (Å²) in [6.45, 7) is 0.0302. The van der Waals surface area contributed by atoms with E-state index in [1.165, 1.54) is 36.4 Å². The predicted octanol–water partition coefficient (Wildman–Crippen LogP) is 0.889. The zero-order valence-corrected chi connectivity index (χ0v) is 9.20. The number of rotatable bonds is 4. The Hall–Kier alpha value is -2.70. The van der Waals surface area contributed by atoms with E-state index in [1.807, 2.05) is 0 Å². The van der Waals surface area contributed by atoms with Crippen molar-refractivity contribution >= 4 is 23.2 Å². The predicted molar refractivity (Wildman–Crippen MR) is 62.6 cm³/mol. The van der Waals surface area contributed by atoms with Gasteiger partial charge in [0.25, 0.3) is 17.5 Å². The lowest BCUT2D eigenvalue weighted by Crippen LogP contribution is -2.34. The molecule has 0 bridgehead atoms. The van der Waals surface area contributed by atoms with Crippen molar-refractivity contribution in [1.82, 2.24) is 4.90 Å². The van der Waals surface area contributed by atoms with Crippen molar-refractivity contribution < 1.29 is 14.5 Å². The van der Waals surface area contributed by atoms with E-state index < -0.39 is 4.92 Å². The van der Waals surface area contributed by atoms with Crippen LogP contribution in [0.15, 0.2) is 36.4 Å². The number of carbonyl (C=O) groups excluding carboxylic acids is 2. The molecule has 0 atom stereocenters. The number of nitro groups is 1. The molecule has 1 N–H and O–H groups in total. The molecule has 1 aromatic carbocycles. The number of nitro benzene ring substituents is 1. The van der Waals surface area contributed by atoms with Crippen LogP contribution in [0.2, 0.25) is 0 Å². The van der Waals surface area contributed by atoms with Crippen LogP contribution in [0.1, 0.15) is 0 Å². The lowest BCUT2D eigenvalue weighted by atomic mass is 10.3. The third-order valence-corrected chi connectivity index (χ3v) is 2.42. The minimum Gasteiger partial charge on any atom is -0.367 e. The van der Waals surface area contributed by atoms with Gasteiger partial charge in [-0.05, 0) is 12.1 Å². The highest BCUT2D eigenvalue weighted by Gasteiger charge is 2.22. The second kappa shape index (κ2) is 4.66. The highest BCUT2D eigenvalue weighted by molar-refractivity contribution is 6.12. The summed E-state index contributed by atoms with van der Waals surface area (Å²) >= 11 is 0. The van der Waals surface area contributed by atoms with Gasteiger partial charge in [0.05, 0.1) is 11.6 Å². The second-order valence-corrected chi connectivity index (χ2v) is 3.58. The minimum atomic E-state index is -0.499. The van der Waals surface area contributed by atoms with Crippen LogP contribution >= 0.6 is 0 Å². The summed E-state index contributed by atoms with van der Waals surface area (Å²) < 4.78 is 0. The van der Waals surface area contributed by atoms with Crippen LogP contribution in [0.25, 0.3) is 0 Å². The van der Waals surface area contributed by atoms with Gasteiger partial charge in [0.15, 0.2) is 0 Å². The first kappa shape index (κ1) is 11.8. The maximum atomic E-state index is 11.2. The number of benzene rings is 1. The fraction of sp³-hybridized carbons (Fsp3) is 0.0909. The Labute approximate surface area is 102 Å².